The van der Waals surface area contributed by atoms with Crippen LogP contribution in [0.15, 0.2) is 172 Å². The van der Waals surface area contributed by atoms with Crippen LogP contribution in [0.5, 0.6) is 0 Å². The van der Waals surface area contributed by atoms with Crippen molar-refractivity contribution in [2.24, 2.45) is 15.9 Å². The topological polar surface area (TPSA) is 62.5 Å². The van der Waals surface area contributed by atoms with Crippen molar-refractivity contribution in [3.63, 3.8) is 0 Å². The molecule has 8 rings (SSSR count). The highest BCUT2D eigenvalue weighted by Crippen LogP contribution is 2.37. The Labute approximate surface area is 283 Å². The van der Waals surface area contributed by atoms with E-state index in [-0.39, 0.29) is 18.0 Å². The number of nitrogens with one attached hydrogen (secondary N) is 1. The maximum atomic E-state index is 5.39. The van der Waals surface area contributed by atoms with Crippen LogP contribution in [-0.2, 0) is 0 Å². The SMILES string of the molecule is C1=CC(C2=NC(C3=CCCC(c4ccccn4)=C3)N=C(C3=CC(C4=CCCC=C4)=CC(c4ccccc4)C3)N2)CC(c2ccccn2)=C1. The van der Waals surface area contributed by atoms with Crippen molar-refractivity contribution >= 4 is 22.8 Å². The first-order valence-corrected chi connectivity index (χ1v) is 17.1. The fourth-order valence-electron chi connectivity index (χ4n) is 7.13. The molecule has 0 saturated heterocycles. The molecule has 48 heavy (non-hydrogen) atoms. The van der Waals surface area contributed by atoms with Crippen LogP contribution in [0, 0.1) is 5.92 Å². The monoisotopic (exact) mass is 625 g/mol. The molecule has 0 bridgehead atoms. The van der Waals surface area contributed by atoms with Crippen molar-refractivity contribution in [2.75, 3.05) is 0 Å². The van der Waals surface area contributed by atoms with E-state index in [1.165, 1.54) is 33.4 Å². The van der Waals surface area contributed by atoms with Crippen molar-refractivity contribution in [1.29, 1.82) is 0 Å². The van der Waals surface area contributed by atoms with Gasteiger partial charge in [-0.2, -0.15) is 0 Å². The highest BCUT2D eigenvalue weighted by molar-refractivity contribution is 6.12. The van der Waals surface area contributed by atoms with Gasteiger partial charge in [-0.1, -0.05) is 91.1 Å². The van der Waals surface area contributed by atoms with E-state index in [4.69, 9.17) is 9.98 Å². The summed E-state index contributed by atoms with van der Waals surface area (Å²) in [5, 5.41) is 3.78. The van der Waals surface area contributed by atoms with Gasteiger partial charge < -0.3 is 5.32 Å². The molecular formula is C43H39N5. The zero-order chi connectivity index (χ0) is 32.1. The third-order valence-electron chi connectivity index (χ3n) is 9.62. The summed E-state index contributed by atoms with van der Waals surface area (Å²) >= 11 is 0. The highest BCUT2D eigenvalue weighted by Gasteiger charge is 2.30. The van der Waals surface area contributed by atoms with Crippen molar-refractivity contribution in [3.8, 4) is 0 Å². The Morgan fingerprint density at radius 3 is 2.23 bits per heavy atom. The van der Waals surface area contributed by atoms with Gasteiger partial charge >= 0.3 is 0 Å². The summed E-state index contributed by atoms with van der Waals surface area (Å²) in [5.41, 5.74) is 10.7. The Kier molecular flexibility index (Phi) is 8.58. The quantitative estimate of drug-likeness (QED) is 0.285. The van der Waals surface area contributed by atoms with Crippen LogP contribution in [0.25, 0.3) is 11.1 Å². The van der Waals surface area contributed by atoms with Gasteiger partial charge in [-0.05, 0) is 114 Å². The van der Waals surface area contributed by atoms with E-state index in [1.807, 2.05) is 24.5 Å². The second-order valence-corrected chi connectivity index (χ2v) is 12.9. The molecular weight excluding hydrogens is 587 g/mol. The summed E-state index contributed by atoms with van der Waals surface area (Å²) in [5.74, 6) is 2.20. The van der Waals surface area contributed by atoms with Gasteiger partial charge in [0, 0.05) is 24.2 Å². The molecule has 0 amide bonds. The molecule has 1 N–H and O–H groups in total. The van der Waals surface area contributed by atoms with Crippen molar-refractivity contribution in [1.82, 2.24) is 15.3 Å². The predicted molar refractivity (Wildman–Crippen MR) is 197 cm³/mol. The number of aromatic nitrogens is 2. The second kappa shape index (κ2) is 13.7. The smallest absolute Gasteiger partial charge is 0.169 e. The largest absolute Gasteiger partial charge is 0.328 e. The number of allylic oxidation sites excluding steroid dienone is 12. The lowest BCUT2D eigenvalue weighted by Gasteiger charge is -2.31. The number of pyridine rings is 2. The molecule has 3 atom stereocenters. The van der Waals surface area contributed by atoms with Gasteiger partial charge in [-0.25, -0.2) is 9.98 Å². The van der Waals surface area contributed by atoms with Gasteiger partial charge in [0.1, 0.15) is 11.7 Å². The zero-order valence-corrected chi connectivity index (χ0v) is 27.0. The first-order valence-electron chi connectivity index (χ1n) is 17.1. The number of hydrogen-bond donors (Lipinski definition) is 1. The summed E-state index contributed by atoms with van der Waals surface area (Å²) < 4.78 is 0. The van der Waals surface area contributed by atoms with Gasteiger partial charge in [0.15, 0.2) is 6.17 Å². The van der Waals surface area contributed by atoms with Crippen LogP contribution in [-0.4, -0.2) is 27.8 Å². The highest BCUT2D eigenvalue weighted by atomic mass is 15.2. The van der Waals surface area contributed by atoms with Crippen molar-refractivity contribution in [2.45, 2.75) is 50.6 Å². The second-order valence-electron chi connectivity index (χ2n) is 12.9. The number of aliphatic imine (C=N–C) groups is 2. The molecule has 2 aromatic heterocycles. The molecule has 0 radical (unpaired) electrons. The Morgan fingerprint density at radius 1 is 0.667 bits per heavy atom. The molecule has 4 aliphatic carbocycles. The van der Waals surface area contributed by atoms with E-state index in [1.54, 1.807) is 0 Å². The van der Waals surface area contributed by atoms with Gasteiger partial charge in [0.2, 0.25) is 0 Å². The van der Waals surface area contributed by atoms with Crippen LogP contribution in [0.2, 0.25) is 0 Å². The van der Waals surface area contributed by atoms with Gasteiger partial charge in [0.05, 0.1) is 11.4 Å². The van der Waals surface area contributed by atoms with E-state index in [2.05, 4.69) is 131 Å². The molecule has 0 fully saturated rings. The number of amidine groups is 2. The number of rotatable bonds is 7. The minimum Gasteiger partial charge on any atom is -0.328 e. The van der Waals surface area contributed by atoms with Gasteiger partial charge in [0.25, 0.3) is 0 Å². The van der Waals surface area contributed by atoms with E-state index < -0.39 is 0 Å². The Balaban J connectivity index is 1.17. The van der Waals surface area contributed by atoms with Gasteiger partial charge in [-0.3, -0.25) is 9.97 Å². The summed E-state index contributed by atoms with van der Waals surface area (Å²) in [6, 6.07) is 23.1. The van der Waals surface area contributed by atoms with Crippen LogP contribution in [0.3, 0.4) is 0 Å². The molecule has 236 valence electrons. The number of hydrogen-bond acceptors (Lipinski definition) is 5. The Bertz CT molecular complexity index is 1990. The van der Waals surface area contributed by atoms with E-state index >= 15 is 0 Å². The van der Waals surface area contributed by atoms with E-state index in [0.29, 0.717) is 0 Å². The van der Waals surface area contributed by atoms with Crippen LogP contribution in [0.4, 0.5) is 0 Å². The average molecular weight is 626 g/mol. The van der Waals surface area contributed by atoms with Crippen molar-refractivity contribution < 1.29 is 0 Å². The number of nitrogens with zero attached hydrogens (tertiary/aromatic N) is 4. The predicted octanol–water partition coefficient (Wildman–Crippen LogP) is 9.28. The first-order chi connectivity index (χ1) is 23.8. The molecule has 3 heterocycles. The maximum Gasteiger partial charge on any atom is 0.169 e. The first kappa shape index (κ1) is 29.9. The lowest BCUT2D eigenvalue weighted by Crippen LogP contribution is -2.42. The molecule has 5 aliphatic rings. The lowest BCUT2D eigenvalue weighted by molar-refractivity contribution is 0.747. The average Bonchev–Trinajstić information content (AvgIpc) is 3.19. The maximum absolute atomic E-state index is 5.39. The minimum absolute atomic E-state index is 0.0801. The summed E-state index contributed by atoms with van der Waals surface area (Å²) in [4.78, 5) is 20.0. The molecule has 5 heteroatoms. The molecule has 0 spiro atoms. The summed E-state index contributed by atoms with van der Waals surface area (Å²) in [6.45, 7) is 0. The van der Waals surface area contributed by atoms with Crippen LogP contribution in [0.1, 0.15) is 61.4 Å². The molecule has 1 aliphatic heterocycles. The molecule has 0 saturated carbocycles. The van der Waals surface area contributed by atoms with E-state index in [9.17, 15) is 0 Å². The fourth-order valence-corrected chi connectivity index (χ4v) is 7.13. The molecule has 3 aromatic rings. The molecule has 3 unspecified atom stereocenters. The van der Waals surface area contributed by atoms with Crippen LogP contribution < -0.4 is 5.32 Å². The van der Waals surface area contributed by atoms with Crippen LogP contribution >= 0.6 is 0 Å². The van der Waals surface area contributed by atoms with Crippen molar-refractivity contribution in [3.05, 3.63) is 179 Å². The zero-order valence-electron chi connectivity index (χ0n) is 27.0. The third-order valence-corrected chi connectivity index (χ3v) is 9.62. The number of benzene rings is 1. The lowest BCUT2D eigenvalue weighted by atomic mass is 9.82. The minimum atomic E-state index is -0.341. The Morgan fingerprint density at radius 2 is 1.46 bits per heavy atom. The molecule has 5 nitrogen and oxygen atoms in total. The standard InChI is InChI=1S/C43H39N5/c1-3-13-30(14-4-1)36-27-37(31-15-5-2-6-16-31)29-38(28-36)43-47-41(34-19-11-17-32(25-34)39-21-7-9-23-44-39)46-42(48-43)35-20-12-18-33(26-35)40-22-8-10-24-45-40/h1,3-5,7-11,13-17,19-24,26-27,29,34,36,42H,2,6,12,18,25,28H2,(H,46,47,48). The van der Waals surface area contributed by atoms with Gasteiger partial charge in [-0.15, -0.1) is 0 Å². The van der Waals surface area contributed by atoms with E-state index in [0.717, 1.165) is 67.2 Å². The Hall–Kier alpha value is -5.42. The summed E-state index contributed by atoms with van der Waals surface area (Å²) in [7, 11) is 0. The third kappa shape index (κ3) is 6.54. The summed E-state index contributed by atoms with van der Waals surface area (Å²) in [6.07, 6.45) is 32.0. The molecule has 1 aromatic carbocycles. The normalized spacial score (nSPS) is 23.7. The fraction of sp³-hybridized carbons (Fsp3) is 0.209.